The lowest BCUT2D eigenvalue weighted by Crippen LogP contribution is -2.50. The molecule has 0 saturated heterocycles. The smallest absolute Gasteiger partial charge is 0.303 e. The summed E-state index contributed by atoms with van der Waals surface area (Å²) < 4.78 is 8.88. The summed E-state index contributed by atoms with van der Waals surface area (Å²) >= 11 is 0. The Hall–Kier alpha value is -1.15. The van der Waals surface area contributed by atoms with Gasteiger partial charge in [0, 0.05) is 18.0 Å². The van der Waals surface area contributed by atoms with Crippen molar-refractivity contribution in [1.29, 1.82) is 0 Å². The molecule has 0 aromatic carbocycles. The van der Waals surface area contributed by atoms with Crippen LogP contribution in [-0.2, 0) is 4.57 Å². The molecule has 102 valence electrons. The summed E-state index contributed by atoms with van der Waals surface area (Å²) in [7, 11) is -4.64. The number of carbonyl (C=O) groups excluding carboxylic acids is 1. The maximum Gasteiger partial charge on any atom is 0.466 e. The van der Waals surface area contributed by atoms with Crippen LogP contribution >= 0.6 is 7.82 Å². The van der Waals surface area contributed by atoms with E-state index in [1.54, 1.807) is 38.4 Å². The predicted molar refractivity (Wildman–Crippen MR) is 64.2 cm³/mol. The Labute approximate surface area is 104 Å². The van der Waals surface area contributed by atoms with Gasteiger partial charge in [-0.15, -0.1) is 0 Å². The van der Waals surface area contributed by atoms with Gasteiger partial charge in [-0.3, -0.25) is 15.6 Å². The van der Waals surface area contributed by atoms with Gasteiger partial charge in [-0.1, -0.05) is 0 Å². The van der Waals surface area contributed by atoms with Crippen LogP contribution in [0, 0.1) is 0 Å². The zero-order valence-corrected chi connectivity index (χ0v) is 10.8. The van der Waals surface area contributed by atoms with E-state index in [4.69, 9.17) is 25.1 Å². The Bertz CT molecular complexity index is 423. The van der Waals surface area contributed by atoms with Gasteiger partial charge in [0.05, 0.1) is 5.54 Å². The van der Waals surface area contributed by atoms with Crippen LogP contribution in [-0.4, -0.2) is 31.0 Å². The third kappa shape index (κ3) is 7.23. The van der Waals surface area contributed by atoms with E-state index in [0.717, 1.165) is 0 Å². The number of hydrazine groups is 1. The number of hydrogen-bond donors (Lipinski definition) is 5. The second-order valence-corrected chi connectivity index (χ2v) is 4.87. The van der Waals surface area contributed by atoms with Gasteiger partial charge in [-0.2, -0.15) is 0 Å². The number of nitrogens with two attached hydrogens (primary N) is 1. The highest BCUT2D eigenvalue weighted by molar-refractivity contribution is 7.45. The Morgan fingerprint density at radius 1 is 1.33 bits per heavy atom. The summed E-state index contributed by atoms with van der Waals surface area (Å²) in [6.45, 7) is 3.46. The first-order valence-electron chi connectivity index (χ1n) is 4.79. The maximum atomic E-state index is 11.7. The van der Waals surface area contributed by atoms with Crippen molar-refractivity contribution in [3.8, 4) is 0 Å². The van der Waals surface area contributed by atoms with E-state index < -0.39 is 13.4 Å². The minimum absolute atomic E-state index is 0.0441. The molecule has 9 heteroatoms. The molecule has 1 aromatic heterocycles. The third-order valence-corrected chi connectivity index (χ3v) is 1.87. The van der Waals surface area contributed by atoms with E-state index in [9.17, 15) is 4.79 Å². The molecule has 0 amide bonds. The van der Waals surface area contributed by atoms with Crippen molar-refractivity contribution < 1.29 is 24.0 Å². The number of aromatic nitrogens is 1. The van der Waals surface area contributed by atoms with Gasteiger partial charge >= 0.3 is 7.82 Å². The number of nitrogens with one attached hydrogen (secondary N) is 1. The molecule has 1 aromatic rings. The van der Waals surface area contributed by atoms with E-state index in [-0.39, 0.29) is 5.78 Å². The number of pyridine rings is 1. The van der Waals surface area contributed by atoms with Crippen molar-refractivity contribution in [2.24, 2.45) is 5.84 Å². The summed E-state index contributed by atoms with van der Waals surface area (Å²) in [4.78, 5) is 37.1. The molecule has 1 rings (SSSR count). The Balaban J connectivity index is 0.000000494. The second kappa shape index (κ2) is 6.69. The fourth-order valence-corrected chi connectivity index (χ4v) is 0.930. The van der Waals surface area contributed by atoms with Gasteiger partial charge in [-0.05, 0) is 26.0 Å². The first-order chi connectivity index (χ1) is 8.08. The van der Waals surface area contributed by atoms with Gasteiger partial charge in [-0.25, -0.2) is 9.99 Å². The molecular weight excluding hydrogens is 261 g/mol. The monoisotopic (exact) mass is 277 g/mol. The van der Waals surface area contributed by atoms with Crippen molar-refractivity contribution in [2.45, 2.75) is 19.4 Å². The lowest BCUT2D eigenvalue weighted by atomic mass is 9.95. The average molecular weight is 277 g/mol. The topological polar surface area (TPSA) is 146 Å². The third-order valence-electron chi connectivity index (χ3n) is 1.87. The normalized spacial score (nSPS) is 11.4. The minimum Gasteiger partial charge on any atom is -0.303 e. The number of phosphoric acid groups is 1. The highest BCUT2D eigenvalue weighted by Gasteiger charge is 2.26. The Kier molecular flexibility index (Phi) is 6.27. The first kappa shape index (κ1) is 16.9. The fourth-order valence-electron chi connectivity index (χ4n) is 0.930. The maximum absolute atomic E-state index is 11.7. The minimum atomic E-state index is -4.64. The van der Waals surface area contributed by atoms with Crippen LogP contribution in [0.15, 0.2) is 24.5 Å². The molecule has 18 heavy (non-hydrogen) atoms. The van der Waals surface area contributed by atoms with Gasteiger partial charge in [0.15, 0.2) is 5.78 Å². The van der Waals surface area contributed by atoms with Crippen molar-refractivity contribution in [2.75, 3.05) is 0 Å². The number of rotatable bonds is 3. The highest BCUT2D eigenvalue weighted by atomic mass is 31.2. The summed E-state index contributed by atoms with van der Waals surface area (Å²) in [5, 5.41) is 0. The lowest BCUT2D eigenvalue weighted by molar-refractivity contribution is 0.0883. The van der Waals surface area contributed by atoms with Crippen molar-refractivity contribution in [3.05, 3.63) is 30.1 Å². The average Bonchev–Trinajstić information content (AvgIpc) is 2.27. The molecule has 0 aliphatic heterocycles. The van der Waals surface area contributed by atoms with Gasteiger partial charge < -0.3 is 14.7 Å². The number of nitrogens with zero attached hydrogens (tertiary/aromatic N) is 1. The molecule has 0 fully saturated rings. The molecule has 0 spiro atoms. The summed E-state index contributed by atoms with van der Waals surface area (Å²) in [6, 6.07) is 3.34. The molecule has 1 heterocycles. The van der Waals surface area contributed by atoms with Crippen LogP contribution in [0.5, 0.6) is 0 Å². The van der Waals surface area contributed by atoms with Crippen LogP contribution in [0.2, 0.25) is 0 Å². The van der Waals surface area contributed by atoms with Gasteiger partial charge in [0.2, 0.25) is 0 Å². The quantitative estimate of drug-likeness (QED) is 0.217. The molecule has 8 nitrogen and oxygen atoms in total. The van der Waals surface area contributed by atoms with Crippen molar-refractivity contribution >= 4 is 13.6 Å². The van der Waals surface area contributed by atoms with Crippen molar-refractivity contribution in [1.82, 2.24) is 10.4 Å². The standard InChI is InChI=1S/C9H13N3O.H3O4P/c1-9(2,12-10)8(13)7-3-5-11-6-4-7;1-5(2,3)4/h3-6,12H,10H2,1-2H3;(H3,1,2,3,4). The highest BCUT2D eigenvalue weighted by Crippen LogP contribution is 2.25. The van der Waals surface area contributed by atoms with Crippen LogP contribution in [0.25, 0.3) is 0 Å². The molecule has 0 unspecified atom stereocenters. The summed E-state index contributed by atoms with van der Waals surface area (Å²) in [5.74, 6) is 5.21. The molecular formula is C9H16N3O5P. The number of hydrogen-bond acceptors (Lipinski definition) is 5. The molecule has 0 radical (unpaired) electrons. The largest absolute Gasteiger partial charge is 0.466 e. The van der Waals surface area contributed by atoms with Gasteiger partial charge in [0.1, 0.15) is 0 Å². The van der Waals surface area contributed by atoms with Crippen molar-refractivity contribution in [3.63, 3.8) is 0 Å². The fraction of sp³-hybridized carbons (Fsp3) is 0.333. The molecule has 0 aliphatic rings. The van der Waals surface area contributed by atoms with E-state index in [0.29, 0.717) is 5.56 Å². The molecule has 0 saturated carbocycles. The number of ketones is 1. The predicted octanol–water partition coefficient (Wildman–Crippen LogP) is -0.422. The van der Waals surface area contributed by atoms with E-state index >= 15 is 0 Å². The Morgan fingerprint density at radius 2 is 1.72 bits per heavy atom. The lowest BCUT2D eigenvalue weighted by Gasteiger charge is -2.21. The van der Waals surface area contributed by atoms with Gasteiger partial charge in [0.25, 0.3) is 0 Å². The van der Waals surface area contributed by atoms with Crippen LogP contribution in [0.4, 0.5) is 0 Å². The van der Waals surface area contributed by atoms with Crippen LogP contribution in [0.3, 0.4) is 0 Å². The molecule has 0 atom stereocenters. The first-order valence-corrected chi connectivity index (χ1v) is 6.35. The molecule has 0 aliphatic carbocycles. The number of Topliss-reactive ketones (excluding diaryl/α,β-unsaturated/α-hetero) is 1. The number of carbonyl (C=O) groups is 1. The molecule has 6 N–H and O–H groups in total. The van der Waals surface area contributed by atoms with Crippen LogP contribution < -0.4 is 11.3 Å². The zero-order valence-electron chi connectivity index (χ0n) is 9.94. The van der Waals surface area contributed by atoms with E-state index in [1.165, 1.54) is 0 Å². The SMILES string of the molecule is CC(C)(NN)C(=O)c1ccncc1.O=P(O)(O)O. The summed E-state index contributed by atoms with van der Waals surface area (Å²) in [5.41, 5.74) is 2.34. The second-order valence-electron chi connectivity index (χ2n) is 3.85. The Morgan fingerprint density at radius 3 is 2.06 bits per heavy atom. The molecule has 0 bridgehead atoms. The van der Waals surface area contributed by atoms with E-state index in [2.05, 4.69) is 10.4 Å². The van der Waals surface area contributed by atoms with Crippen LogP contribution in [0.1, 0.15) is 24.2 Å². The zero-order chi connectivity index (χ0) is 14.4. The summed E-state index contributed by atoms with van der Waals surface area (Å²) in [6.07, 6.45) is 3.17. The van der Waals surface area contributed by atoms with E-state index in [1.807, 2.05) is 0 Å².